The molecule has 0 N–H and O–H groups in total. The first-order chi connectivity index (χ1) is 13.1. The lowest BCUT2D eigenvalue weighted by atomic mass is 10.1. The van der Waals surface area contributed by atoms with Crippen molar-refractivity contribution >= 4 is 5.91 Å². The van der Waals surface area contributed by atoms with Crippen LogP contribution in [0.5, 0.6) is 0 Å². The predicted octanol–water partition coefficient (Wildman–Crippen LogP) is 3.07. The Hall–Kier alpha value is -3.03. The Morgan fingerprint density at radius 3 is 2.63 bits per heavy atom. The molecule has 3 aromatic heterocycles. The van der Waals surface area contributed by atoms with Gasteiger partial charge in [0.1, 0.15) is 17.8 Å². The third kappa shape index (κ3) is 3.60. The van der Waals surface area contributed by atoms with Crippen LogP contribution in [0.3, 0.4) is 0 Å². The number of aromatic nitrogens is 5. The summed E-state index contributed by atoms with van der Waals surface area (Å²) in [7, 11) is 0. The molecule has 3 aromatic rings. The van der Waals surface area contributed by atoms with Crippen LogP contribution < -0.4 is 0 Å². The van der Waals surface area contributed by atoms with E-state index in [1.54, 1.807) is 23.3 Å². The Labute approximate surface area is 157 Å². The maximum absolute atomic E-state index is 12.5. The van der Waals surface area contributed by atoms with Crippen molar-refractivity contribution in [2.45, 2.75) is 39.0 Å². The highest BCUT2D eigenvalue weighted by Gasteiger charge is 2.20. The van der Waals surface area contributed by atoms with Crippen molar-refractivity contribution < 1.29 is 9.32 Å². The molecule has 0 unspecified atom stereocenters. The Bertz CT molecular complexity index is 922. The van der Waals surface area contributed by atoms with Crippen LogP contribution in [-0.2, 0) is 0 Å². The second-order valence-corrected chi connectivity index (χ2v) is 7.04. The van der Waals surface area contributed by atoms with Crippen LogP contribution in [0.1, 0.15) is 55.3 Å². The Balaban J connectivity index is 1.50. The first-order valence-electron chi connectivity index (χ1n) is 9.25. The van der Waals surface area contributed by atoms with Gasteiger partial charge in [-0.2, -0.15) is 4.98 Å². The van der Waals surface area contributed by atoms with Crippen LogP contribution >= 0.6 is 0 Å². The van der Waals surface area contributed by atoms with Crippen molar-refractivity contribution in [3.63, 3.8) is 0 Å². The summed E-state index contributed by atoms with van der Waals surface area (Å²) < 4.78 is 7.03. The fourth-order valence-corrected chi connectivity index (χ4v) is 3.07. The normalized spacial score (nSPS) is 14.7. The van der Waals surface area contributed by atoms with Crippen LogP contribution in [0.25, 0.3) is 17.3 Å². The van der Waals surface area contributed by atoms with E-state index in [1.165, 1.54) is 6.42 Å². The van der Waals surface area contributed by atoms with Gasteiger partial charge in [-0.25, -0.2) is 9.97 Å². The lowest BCUT2D eigenvalue weighted by Gasteiger charge is -2.25. The maximum atomic E-state index is 12.5. The quantitative estimate of drug-likeness (QED) is 0.705. The Kier molecular flexibility index (Phi) is 4.70. The molecule has 1 fully saturated rings. The number of rotatable bonds is 4. The first-order valence-corrected chi connectivity index (χ1v) is 9.25. The molecule has 0 spiro atoms. The van der Waals surface area contributed by atoms with E-state index in [0.717, 1.165) is 31.5 Å². The summed E-state index contributed by atoms with van der Waals surface area (Å²) in [6.07, 6.45) is 8.32. The molecule has 0 saturated carbocycles. The number of amides is 1. The molecule has 0 bridgehead atoms. The van der Waals surface area contributed by atoms with Gasteiger partial charge in [0.15, 0.2) is 5.82 Å². The van der Waals surface area contributed by atoms with Crippen molar-refractivity contribution in [3.05, 3.63) is 42.4 Å². The highest BCUT2D eigenvalue weighted by Crippen LogP contribution is 2.20. The van der Waals surface area contributed by atoms with Crippen LogP contribution in [-0.4, -0.2) is 48.6 Å². The summed E-state index contributed by atoms with van der Waals surface area (Å²) in [5, 5.41) is 3.97. The van der Waals surface area contributed by atoms with Gasteiger partial charge in [0, 0.05) is 31.4 Å². The zero-order valence-corrected chi connectivity index (χ0v) is 15.5. The van der Waals surface area contributed by atoms with Crippen molar-refractivity contribution in [3.8, 4) is 17.3 Å². The fourth-order valence-electron chi connectivity index (χ4n) is 3.07. The maximum Gasteiger partial charge on any atom is 0.274 e. The van der Waals surface area contributed by atoms with Gasteiger partial charge < -0.3 is 9.42 Å². The minimum atomic E-state index is -0.0165. The number of imidazole rings is 1. The van der Waals surface area contributed by atoms with Crippen molar-refractivity contribution in [1.29, 1.82) is 0 Å². The number of pyridine rings is 1. The number of hydrogen-bond acceptors (Lipinski definition) is 6. The monoisotopic (exact) mass is 366 g/mol. The molecule has 1 saturated heterocycles. The average molecular weight is 366 g/mol. The summed E-state index contributed by atoms with van der Waals surface area (Å²) >= 11 is 0. The second-order valence-electron chi connectivity index (χ2n) is 7.04. The van der Waals surface area contributed by atoms with Gasteiger partial charge in [-0.1, -0.05) is 19.0 Å². The summed E-state index contributed by atoms with van der Waals surface area (Å²) in [4.78, 5) is 27.5. The molecule has 0 aliphatic carbocycles. The first kappa shape index (κ1) is 17.4. The van der Waals surface area contributed by atoms with Gasteiger partial charge in [-0.05, 0) is 31.4 Å². The Morgan fingerprint density at radius 2 is 1.96 bits per heavy atom. The lowest BCUT2D eigenvalue weighted by Crippen LogP contribution is -2.35. The summed E-state index contributed by atoms with van der Waals surface area (Å²) in [6.45, 7) is 5.64. The van der Waals surface area contributed by atoms with E-state index >= 15 is 0 Å². The van der Waals surface area contributed by atoms with E-state index < -0.39 is 0 Å². The van der Waals surface area contributed by atoms with Crippen LogP contribution in [0.2, 0.25) is 0 Å². The summed E-state index contributed by atoms with van der Waals surface area (Å²) in [6, 6.07) is 3.71. The lowest BCUT2D eigenvalue weighted by molar-refractivity contribution is 0.0719. The number of carbonyl (C=O) groups excluding carboxylic acids is 1. The largest absolute Gasteiger partial charge is 0.337 e. The molecule has 27 heavy (non-hydrogen) atoms. The molecule has 0 radical (unpaired) electrons. The van der Waals surface area contributed by atoms with Crippen molar-refractivity contribution in [1.82, 2.24) is 29.6 Å². The van der Waals surface area contributed by atoms with E-state index in [0.29, 0.717) is 23.2 Å². The number of likely N-dealkylation sites (tertiary alicyclic amines) is 1. The van der Waals surface area contributed by atoms with Gasteiger partial charge in [0.2, 0.25) is 0 Å². The molecule has 140 valence electrons. The van der Waals surface area contributed by atoms with Crippen LogP contribution in [0, 0.1) is 0 Å². The molecule has 4 rings (SSSR count). The Morgan fingerprint density at radius 1 is 1.15 bits per heavy atom. The smallest absolute Gasteiger partial charge is 0.274 e. The molecule has 1 aliphatic rings. The van der Waals surface area contributed by atoms with E-state index in [2.05, 4.69) is 20.1 Å². The van der Waals surface area contributed by atoms with Crippen LogP contribution in [0.4, 0.5) is 0 Å². The average Bonchev–Trinajstić information content (AvgIpc) is 3.38. The second kappa shape index (κ2) is 7.30. The molecule has 8 heteroatoms. The number of carbonyl (C=O) groups is 1. The predicted molar refractivity (Wildman–Crippen MR) is 98.5 cm³/mol. The van der Waals surface area contributed by atoms with E-state index in [9.17, 15) is 4.79 Å². The molecular weight excluding hydrogens is 344 g/mol. The van der Waals surface area contributed by atoms with Crippen LogP contribution in [0.15, 0.2) is 35.4 Å². The SMILES string of the molecule is CC(C)c1noc(-c2ccc(-n3cnc(C(=O)N4CCCCC4)c3)nc2)n1. The molecule has 0 atom stereocenters. The van der Waals surface area contributed by atoms with Crippen molar-refractivity contribution in [2.75, 3.05) is 13.1 Å². The minimum Gasteiger partial charge on any atom is -0.337 e. The van der Waals surface area contributed by atoms with E-state index in [1.807, 2.05) is 30.9 Å². The molecule has 4 heterocycles. The number of piperidine rings is 1. The summed E-state index contributed by atoms with van der Waals surface area (Å²) in [5.41, 5.74) is 1.20. The standard InChI is InChI=1S/C19H22N6O2/c1-13(2)17-22-18(27-23-17)14-6-7-16(20-10-14)25-11-15(21-12-25)19(26)24-8-4-3-5-9-24/h6-7,10-13H,3-5,8-9H2,1-2H3. The van der Waals surface area contributed by atoms with Crippen molar-refractivity contribution in [2.24, 2.45) is 0 Å². The minimum absolute atomic E-state index is 0.0165. The third-order valence-corrected chi connectivity index (χ3v) is 4.66. The fraction of sp³-hybridized carbons (Fsp3) is 0.421. The van der Waals surface area contributed by atoms with Gasteiger partial charge in [0.05, 0.1) is 5.56 Å². The number of hydrogen-bond donors (Lipinski definition) is 0. The molecule has 8 nitrogen and oxygen atoms in total. The molecular formula is C19H22N6O2. The molecule has 1 amide bonds. The molecule has 0 aromatic carbocycles. The van der Waals surface area contributed by atoms with Gasteiger partial charge >= 0.3 is 0 Å². The van der Waals surface area contributed by atoms with E-state index in [-0.39, 0.29) is 11.8 Å². The number of nitrogens with zero attached hydrogens (tertiary/aromatic N) is 6. The zero-order chi connectivity index (χ0) is 18.8. The topological polar surface area (TPSA) is 89.9 Å². The molecule has 1 aliphatic heterocycles. The zero-order valence-electron chi connectivity index (χ0n) is 15.5. The highest BCUT2D eigenvalue weighted by molar-refractivity contribution is 5.92. The van der Waals surface area contributed by atoms with E-state index in [4.69, 9.17) is 4.52 Å². The van der Waals surface area contributed by atoms with Gasteiger partial charge in [-0.3, -0.25) is 9.36 Å². The highest BCUT2D eigenvalue weighted by atomic mass is 16.5. The third-order valence-electron chi connectivity index (χ3n) is 4.66. The van der Waals surface area contributed by atoms with Gasteiger partial charge in [0.25, 0.3) is 11.8 Å². The summed E-state index contributed by atoms with van der Waals surface area (Å²) in [5.74, 6) is 1.98. The van der Waals surface area contributed by atoms with Gasteiger partial charge in [-0.15, -0.1) is 0 Å².